The molecule has 0 aliphatic heterocycles. The van der Waals surface area contributed by atoms with Crippen molar-refractivity contribution in [2.45, 2.75) is 380 Å². The minimum atomic E-state index is -2.04. The summed E-state index contributed by atoms with van der Waals surface area (Å²) >= 11 is 0. The van der Waals surface area contributed by atoms with Crippen molar-refractivity contribution in [3.63, 3.8) is 0 Å². The van der Waals surface area contributed by atoms with E-state index in [-0.39, 0.29) is 109 Å². The molecule has 0 radical (unpaired) electrons. The number of carboxylic acids is 1. The van der Waals surface area contributed by atoms with E-state index in [0.29, 0.717) is 35.1 Å². The van der Waals surface area contributed by atoms with Crippen molar-refractivity contribution in [3.8, 4) is 0 Å². The number of aliphatic carboxylic acids is 1. The molecule has 0 aliphatic carbocycles. The number of rotatable bonds is 59. The molecule has 0 spiro atoms. The molecule has 0 unspecified atom stereocenters. The summed E-state index contributed by atoms with van der Waals surface area (Å²) in [7, 11) is 0. The van der Waals surface area contributed by atoms with E-state index < -0.39 is 244 Å². The molecular weight excluding hydrogens is 1890 g/mol. The minimum Gasteiger partial charge on any atom is -0.480 e. The fraction of sp³-hybridized carbons (Fsp3) is 0.607. The predicted molar refractivity (Wildman–Crippen MR) is 555 cm³/mol. The molecular formula is C107H165N17O23. The van der Waals surface area contributed by atoms with E-state index in [4.69, 9.17) is 30.4 Å². The first-order valence-electron chi connectivity index (χ1n) is 50.8. The van der Waals surface area contributed by atoms with Gasteiger partial charge in [-0.3, -0.25) is 71.9 Å². The highest BCUT2D eigenvalue weighted by Crippen LogP contribution is 2.37. The van der Waals surface area contributed by atoms with Crippen LogP contribution in [-0.4, -0.2) is 232 Å². The lowest BCUT2D eigenvalue weighted by Crippen LogP contribution is -2.63. The Balaban J connectivity index is 1.84. The fourth-order valence-electron chi connectivity index (χ4n) is 15.7. The first-order valence-corrected chi connectivity index (χ1v) is 50.8. The number of nitrogens with one attached hydrogen (secondary N) is 15. The average molecular weight is 2060 g/mol. The molecule has 4 aromatic carbocycles. The molecule has 4 aromatic rings. The van der Waals surface area contributed by atoms with E-state index >= 15 is 28.8 Å². The lowest BCUT2D eigenvalue weighted by atomic mass is 9.77. The number of hydrogen-bond donors (Lipinski definition) is 18. The zero-order valence-corrected chi connectivity index (χ0v) is 90.1. The Labute approximate surface area is 865 Å². The van der Waals surface area contributed by atoms with Crippen LogP contribution in [0.25, 0.3) is 0 Å². The van der Waals surface area contributed by atoms with Crippen LogP contribution in [0.3, 0.4) is 0 Å². The number of nitrogens with two attached hydrogens (primary N) is 2. The second kappa shape index (κ2) is 59.6. The lowest BCUT2D eigenvalue weighted by molar-refractivity contribution is -0.157. The smallest absolute Gasteiger partial charge is 0.407 e. The number of alkyl carbamates (subject to hydrolysis) is 2. The van der Waals surface area contributed by atoms with Crippen LogP contribution in [0.2, 0.25) is 0 Å². The third kappa shape index (κ3) is 46.6. The van der Waals surface area contributed by atoms with E-state index in [1.807, 2.05) is 68.4 Å². The molecule has 0 saturated heterocycles. The Morgan fingerprint density at radius 2 is 0.728 bits per heavy atom. The van der Waals surface area contributed by atoms with Gasteiger partial charge in [-0.2, -0.15) is 0 Å². The van der Waals surface area contributed by atoms with Gasteiger partial charge in [0.15, 0.2) is 0 Å². The van der Waals surface area contributed by atoms with Crippen LogP contribution in [0.15, 0.2) is 121 Å². The number of unbranched alkanes of at least 4 members (excludes halogenated alkanes) is 3. The van der Waals surface area contributed by atoms with Crippen LogP contribution in [0.5, 0.6) is 0 Å². The number of benzene rings is 4. The third-order valence-electron chi connectivity index (χ3n) is 23.2. The van der Waals surface area contributed by atoms with Crippen LogP contribution in [-0.2, 0) is 108 Å². The zero-order chi connectivity index (χ0) is 111. The molecule has 0 fully saturated rings. The fourth-order valence-corrected chi connectivity index (χ4v) is 15.7. The third-order valence-corrected chi connectivity index (χ3v) is 23.2. The Morgan fingerprint density at radius 1 is 0.354 bits per heavy atom. The quantitative estimate of drug-likeness (QED) is 0.00871. The molecule has 0 aliphatic rings. The summed E-state index contributed by atoms with van der Waals surface area (Å²) in [6, 6.07) is 18.5. The van der Waals surface area contributed by atoms with Crippen molar-refractivity contribution in [2.24, 2.45) is 29.2 Å². The molecule has 13 atom stereocenters. The summed E-state index contributed by atoms with van der Waals surface area (Å²) in [5, 5.41) is 50.4. The summed E-state index contributed by atoms with van der Waals surface area (Å²) in [5.74, 6) is -16.1. The van der Waals surface area contributed by atoms with Gasteiger partial charge in [-0.05, 0) is 248 Å². The van der Waals surface area contributed by atoms with Gasteiger partial charge in [0.2, 0.25) is 76.8 Å². The first kappa shape index (κ1) is 126. The number of ether oxygens (including phenoxy) is 4. The second-order valence-electron chi connectivity index (χ2n) is 43.0. The number of amides is 15. The minimum absolute atomic E-state index is 0.00280. The highest BCUT2D eigenvalue weighted by Gasteiger charge is 2.44. The maximum Gasteiger partial charge on any atom is 0.407 e. The molecule has 0 heterocycles. The first-order chi connectivity index (χ1) is 68.5. The van der Waals surface area contributed by atoms with Crippen molar-refractivity contribution >= 4 is 107 Å². The highest BCUT2D eigenvalue weighted by molar-refractivity contribution is 6.01. The Morgan fingerprint density at radius 3 is 1.18 bits per heavy atom. The van der Waals surface area contributed by atoms with Crippen LogP contribution in [0.4, 0.5) is 9.59 Å². The summed E-state index contributed by atoms with van der Waals surface area (Å²) in [6.45, 7) is 37.2. The normalized spacial score (nSPS) is 14.7. The number of carboxylic acid groups (broad SMARTS) is 1. The van der Waals surface area contributed by atoms with Gasteiger partial charge in [0.1, 0.15) is 99.9 Å². The average Bonchev–Trinajstić information content (AvgIpc) is 0.751. The Bertz CT molecular complexity index is 4900. The van der Waals surface area contributed by atoms with Gasteiger partial charge >= 0.3 is 30.1 Å². The molecule has 0 saturated carbocycles. The largest absolute Gasteiger partial charge is 0.480 e. The standard InChI is InChI=1S/C107H165N17O23/c1-24-67(6)85(95(137)117-76(55-57-83(126)144-101(9,10)11)90(132)118-78(96(138)139)53-37-40-58-108)122-93(135)80(62-70-43-29-25-30-44-70)119-87(129)69(8)113-97(140)105(21,22)124-94(136)77(54-56-82(125)123-107(71-45-31-26-32-46-71,72-47-33-27-34-48-72)73-49-35-28-36-50-73)114-86(128)68(7)112-88(130)74(51-38-41-59-110-99(142)146-103(15,16)17)115-89(131)75(52-39-42-60-111-100(143)147-104(18,19)20)116-92(134)81(63-84(127)145-102(12,13)14)120-91(133)79(61-65(2)3)121-98(141)106(23,109)64-66(4)5/h25-36,43-50,65-69,74-81,85H,24,37-42,51-64,108-109H2,1-23H3,(H,110,142)(H,111,143)(H,112,130)(H,113,140)(H,114,128)(H,115,131)(H,116,134)(H,117,137)(H,118,132)(H,119,129)(H,120,133)(H,121,141)(H,122,135)(H,123,125)(H,124,136)(H,138,139)/t67-,68-,69-,74-,75-,76-,77-,78-,79-,80-,81-,85-,106-/m0/s1. The highest BCUT2D eigenvalue weighted by atomic mass is 16.6. The molecule has 4 rings (SSSR count). The number of carbonyl (C=O) groups is 18. The van der Waals surface area contributed by atoms with Crippen molar-refractivity contribution in [3.05, 3.63) is 144 Å². The maximum absolute atomic E-state index is 15.4. The number of hydrogen-bond acceptors (Lipinski definition) is 24. The van der Waals surface area contributed by atoms with E-state index in [1.165, 1.54) is 34.6 Å². The van der Waals surface area contributed by atoms with Crippen LogP contribution >= 0.6 is 0 Å². The van der Waals surface area contributed by atoms with Gasteiger partial charge in [-0.25, -0.2) is 14.4 Å². The van der Waals surface area contributed by atoms with Gasteiger partial charge in [0, 0.05) is 32.4 Å². The van der Waals surface area contributed by atoms with Crippen molar-refractivity contribution in [2.75, 3.05) is 19.6 Å². The van der Waals surface area contributed by atoms with Gasteiger partial charge < -0.3 is 115 Å². The molecule has 0 bridgehead atoms. The Hall–Kier alpha value is -13.1. The molecule has 816 valence electrons. The second-order valence-corrected chi connectivity index (χ2v) is 43.0. The van der Waals surface area contributed by atoms with Crippen LogP contribution in [0.1, 0.15) is 291 Å². The summed E-state index contributed by atoms with van der Waals surface area (Å²) in [6.07, 6.45) is -3.01. The summed E-state index contributed by atoms with van der Waals surface area (Å²) < 4.78 is 22.0. The maximum atomic E-state index is 15.4. The van der Waals surface area contributed by atoms with Crippen molar-refractivity contribution in [1.82, 2.24) is 79.8 Å². The topological polar surface area (TPSA) is 597 Å². The molecule has 20 N–H and O–H groups in total. The van der Waals surface area contributed by atoms with Gasteiger partial charge in [-0.15, -0.1) is 0 Å². The van der Waals surface area contributed by atoms with E-state index in [1.54, 1.807) is 178 Å². The van der Waals surface area contributed by atoms with Gasteiger partial charge in [0.25, 0.3) is 0 Å². The monoisotopic (exact) mass is 2060 g/mol. The van der Waals surface area contributed by atoms with Crippen molar-refractivity contribution < 1.29 is 110 Å². The molecule has 15 amide bonds. The molecule has 40 nitrogen and oxygen atoms in total. The van der Waals surface area contributed by atoms with E-state index in [9.17, 15) is 62.6 Å². The number of esters is 2. The molecule has 0 aromatic heterocycles. The number of carbonyl (C=O) groups excluding carboxylic acids is 17. The van der Waals surface area contributed by atoms with Crippen LogP contribution < -0.4 is 91.2 Å². The van der Waals surface area contributed by atoms with Crippen molar-refractivity contribution in [1.29, 1.82) is 0 Å². The van der Waals surface area contributed by atoms with E-state index in [0.717, 1.165) is 0 Å². The van der Waals surface area contributed by atoms with Gasteiger partial charge in [-0.1, -0.05) is 169 Å². The molecule has 40 heteroatoms. The van der Waals surface area contributed by atoms with Gasteiger partial charge in [0.05, 0.1) is 12.0 Å². The van der Waals surface area contributed by atoms with Crippen LogP contribution in [0, 0.1) is 17.8 Å². The Kier molecular flexibility index (Phi) is 51.2. The van der Waals surface area contributed by atoms with E-state index in [2.05, 4.69) is 79.8 Å². The lowest BCUT2D eigenvalue weighted by Gasteiger charge is -2.37. The summed E-state index contributed by atoms with van der Waals surface area (Å²) in [5.41, 5.74) is 5.93. The summed E-state index contributed by atoms with van der Waals surface area (Å²) in [4.78, 5) is 258. The zero-order valence-electron chi connectivity index (χ0n) is 90.1. The predicted octanol–water partition coefficient (Wildman–Crippen LogP) is 7.70. The SMILES string of the molecule is CC[C@H](C)[C@H](NC(=O)[C@H](Cc1ccccc1)NC(=O)[C@H](C)NC(=O)C(C)(C)NC(=O)[C@H](CCC(=O)NC(c1ccccc1)(c1ccccc1)c1ccccc1)NC(=O)[C@H](C)NC(=O)[C@H](CCCCNC(=O)OC(C)(C)C)NC(=O)[C@H](CCCCNC(=O)OC(C)(C)C)NC(=O)[C@H](CC(=O)OC(C)(C)C)NC(=O)[C@H](CC(C)C)NC(=O)[C@@](C)(N)CC(C)C)C(=O)N[C@@H](CCC(=O)OC(C)(C)C)C(=O)N[C@@H](CCCCN)C(=O)O. The molecule has 147 heavy (non-hydrogen) atoms.